The Labute approximate surface area is 121 Å². The SMILES string of the molecule is COc1cccc2onc(NC(=O)c3ccccc3C)c12. The number of nitrogens with one attached hydrogen (secondary N) is 1. The Bertz CT molecular complexity index is 808. The Morgan fingerprint density at radius 3 is 2.76 bits per heavy atom. The van der Waals surface area contributed by atoms with Crippen LogP contribution in [0.25, 0.3) is 11.0 Å². The second-order valence-electron chi connectivity index (χ2n) is 4.63. The van der Waals surface area contributed by atoms with Gasteiger partial charge in [-0.15, -0.1) is 0 Å². The van der Waals surface area contributed by atoms with Crippen LogP contribution in [-0.2, 0) is 0 Å². The van der Waals surface area contributed by atoms with Gasteiger partial charge in [0.25, 0.3) is 5.91 Å². The summed E-state index contributed by atoms with van der Waals surface area (Å²) in [4.78, 5) is 12.3. The van der Waals surface area contributed by atoms with E-state index in [1.54, 1.807) is 31.4 Å². The van der Waals surface area contributed by atoms with E-state index < -0.39 is 0 Å². The number of benzene rings is 2. The number of aromatic nitrogens is 1. The monoisotopic (exact) mass is 282 g/mol. The van der Waals surface area contributed by atoms with Gasteiger partial charge in [-0.05, 0) is 30.7 Å². The summed E-state index contributed by atoms with van der Waals surface area (Å²) in [6.45, 7) is 1.89. The highest BCUT2D eigenvalue weighted by Crippen LogP contribution is 2.32. The number of ether oxygens (including phenoxy) is 1. The third kappa shape index (κ3) is 2.33. The number of rotatable bonds is 3. The van der Waals surface area contributed by atoms with Crippen LogP contribution in [0.15, 0.2) is 47.0 Å². The van der Waals surface area contributed by atoms with E-state index in [0.717, 1.165) is 5.56 Å². The Balaban J connectivity index is 1.99. The normalized spacial score (nSPS) is 10.6. The average Bonchev–Trinajstić information content (AvgIpc) is 2.91. The van der Waals surface area contributed by atoms with E-state index in [1.165, 1.54) is 0 Å². The summed E-state index contributed by atoms with van der Waals surface area (Å²) in [5.41, 5.74) is 2.06. The number of anilines is 1. The third-order valence-corrected chi connectivity index (χ3v) is 3.30. The van der Waals surface area contributed by atoms with Crippen LogP contribution in [0.4, 0.5) is 5.82 Å². The summed E-state index contributed by atoms with van der Waals surface area (Å²) in [5.74, 6) is 0.735. The van der Waals surface area contributed by atoms with Gasteiger partial charge in [-0.25, -0.2) is 0 Å². The summed E-state index contributed by atoms with van der Waals surface area (Å²) < 4.78 is 10.5. The quantitative estimate of drug-likeness (QED) is 0.799. The van der Waals surface area contributed by atoms with E-state index in [9.17, 15) is 4.79 Å². The van der Waals surface area contributed by atoms with Crippen LogP contribution in [0.5, 0.6) is 5.75 Å². The number of aryl methyl sites for hydroxylation is 1. The number of amides is 1. The van der Waals surface area contributed by atoms with Crippen molar-refractivity contribution in [3.8, 4) is 5.75 Å². The second kappa shape index (κ2) is 5.28. The molecule has 0 saturated heterocycles. The van der Waals surface area contributed by atoms with E-state index in [4.69, 9.17) is 9.26 Å². The van der Waals surface area contributed by atoms with Gasteiger partial charge in [-0.3, -0.25) is 4.79 Å². The highest BCUT2D eigenvalue weighted by molar-refractivity contribution is 6.09. The first-order valence-electron chi connectivity index (χ1n) is 6.50. The van der Waals surface area contributed by atoms with Crippen LogP contribution in [0.1, 0.15) is 15.9 Å². The summed E-state index contributed by atoms with van der Waals surface area (Å²) in [6, 6.07) is 12.7. The number of fused-ring (bicyclic) bond motifs is 1. The summed E-state index contributed by atoms with van der Waals surface area (Å²) in [5, 5.41) is 7.34. The molecule has 106 valence electrons. The first kappa shape index (κ1) is 13.2. The molecule has 0 unspecified atom stereocenters. The summed E-state index contributed by atoms with van der Waals surface area (Å²) in [6.07, 6.45) is 0. The lowest BCUT2D eigenvalue weighted by atomic mass is 10.1. The maximum atomic E-state index is 12.3. The van der Waals surface area contributed by atoms with Crippen molar-refractivity contribution in [2.45, 2.75) is 6.92 Å². The van der Waals surface area contributed by atoms with E-state index in [-0.39, 0.29) is 5.91 Å². The predicted octanol–water partition coefficient (Wildman–Crippen LogP) is 3.40. The van der Waals surface area contributed by atoms with Gasteiger partial charge >= 0.3 is 0 Å². The first-order chi connectivity index (χ1) is 10.2. The van der Waals surface area contributed by atoms with Crippen molar-refractivity contribution in [3.05, 3.63) is 53.6 Å². The largest absolute Gasteiger partial charge is 0.496 e. The van der Waals surface area contributed by atoms with Gasteiger partial charge in [-0.2, -0.15) is 0 Å². The number of hydrogen-bond donors (Lipinski definition) is 1. The van der Waals surface area contributed by atoms with Crippen LogP contribution in [0.3, 0.4) is 0 Å². The zero-order valence-corrected chi connectivity index (χ0v) is 11.7. The topological polar surface area (TPSA) is 64.4 Å². The highest BCUT2D eigenvalue weighted by atomic mass is 16.5. The molecule has 21 heavy (non-hydrogen) atoms. The molecule has 3 aromatic rings. The smallest absolute Gasteiger partial charge is 0.257 e. The Morgan fingerprint density at radius 1 is 1.19 bits per heavy atom. The molecular weight excluding hydrogens is 268 g/mol. The fourth-order valence-corrected chi connectivity index (χ4v) is 2.22. The number of hydrogen-bond acceptors (Lipinski definition) is 4. The van der Waals surface area contributed by atoms with Crippen molar-refractivity contribution < 1.29 is 14.1 Å². The number of methoxy groups -OCH3 is 1. The molecule has 0 aliphatic heterocycles. The van der Waals surface area contributed by atoms with Crippen molar-refractivity contribution in [2.75, 3.05) is 12.4 Å². The van der Waals surface area contributed by atoms with Gasteiger partial charge in [0.15, 0.2) is 11.4 Å². The molecule has 0 saturated carbocycles. The highest BCUT2D eigenvalue weighted by Gasteiger charge is 2.17. The average molecular weight is 282 g/mol. The molecule has 1 heterocycles. The van der Waals surface area contributed by atoms with Crippen LogP contribution in [0.2, 0.25) is 0 Å². The molecule has 2 aromatic carbocycles. The predicted molar refractivity (Wildman–Crippen MR) is 79.7 cm³/mol. The molecule has 0 bridgehead atoms. The Morgan fingerprint density at radius 2 is 2.00 bits per heavy atom. The second-order valence-corrected chi connectivity index (χ2v) is 4.63. The lowest BCUT2D eigenvalue weighted by Crippen LogP contribution is -2.13. The third-order valence-electron chi connectivity index (χ3n) is 3.30. The molecule has 5 nitrogen and oxygen atoms in total. The van der Waals surface area contributed by atoms with Crippen LogP contribution in [-0.4, -0.2) is 18.2 Å². The van der Waals surface area contributed by atoms with Crippen LogP contribution in [0, 0.1) is 6.92 Å². The molecule has 0 spiro atoms. The molecule has 1 N–H and O–H groups in total. The van der Waals surface area contributed by atoms with E-state index in [0.29, 0.717) is 28.1 Å². The molecule has 1 amide bonds. The van der Waals surface area contributed by atoms with Gasteiger partial charge in [0.05, 0.1) is 7.11 Å². The minimum atomic E-state index is -0.228. The molecule has 0 aliphatic rings. The van der Waals surface area contributed by atoms with Gasteiger partial charge in [-0.1, -0.05) is 29.4 Å². The van der Waals surface area contributed by atoms with Gasteiger partial charge in [0.2, 0.25) is 0 Å². The molecule has 5 heteroatoms. The van der Waals surface area contributed by atoms with E-state index >= 15 is 0 Å². The molecule has 1 aromatic heterocycles. The number of nitrogens with zero attached hydrogens (tertiary/aromatic N) is 1. The molecular formula is C16H14N2O3. The lowest BCUT2D eigenvalue weighted by molar-refractivity contribution is 0.102. The standard InChI is InChI=1S/C16H14N2O3/c1-10-6-3-4-7-11(10)16(19)17-15-14-12(20-2)8-5-9-13(14)21-18-15/h3-9H,1-2H3,(H,17,18,19). The van der Waals surface area contributed by atoms with E-state index in [2.05, 4.69) is 10.5 Å². The lowest BCUT2D eigenvalue weighted by Gasteiger charge is -2.06. The molecule has 0 aliphatic carbocycles. The first-order valence-corrected chi connectivity index (χ1v) is 6.50. The molecule has 0 fully saturated rings. The Kier molecular flexibility index (Phi) is 3.31. The zero-order valence-electron chi connectivity index (χ0n) is 11.7. The minimum Gasteiger partial charge on any atom is -0.496 e. The van der Waals surface area contributed by atoms with Gasteiger partial charge in [0.1, 0.15) is 11.1 Å². The van der Waals surface area contributed by atoms with Crippen LogP contribution >= 0.6 is 0 Å². The maximum Gasteiger partial charge on any atom is 0.257 e. The van der Waals surface area contributed by atoms with Crippen molar-refractivity contribution in [3.63, 3.8) is 0 Å². The molecule has 0 atom stereocenters. The van der Waals surface area contributed by atoms with Crippen molar-refractivity contribution >= 4 is 22.7 Å². The number of carbonyl (C=O) groups excluding carboxylic acids is 1. The summed E-state index contributed by atoms with van der Waals surface area (Å²) in [7, 11) is 1.56. The zero-order chi connectivity index (χ0) is 14.8. The molecule has 0 radical (unpaired) electrons. The van der Waals surface area contributed by atoms with Gasteiger partial charge < -0.3 is 14.6 Å². The van der Waals surface area contributed by atoms with E-state index in [1.807, 2.05) is 25.1 Å². The van der Waals surface area contributed by atoms with Crippen molar-refractivity contribution in [1.29, 1.82) is 0 Å². The van der Waals surface area contributed by atoms with Crippen molar-refractivity contribution in [1.82, 2.24) is 5.16 Å². The fraction of sp³-hybridized carbons (Fsp3) is 0.125. The van der Waals surface area contributed by atoms with Crippen LogP contribution < -0.4 is 10.1 Å². The maximum absolute atomic E-state index is 12.3. The van der Waals surface area contributed by atoms with Gasteiger partial charge in [0, 0.05) is 5.56 Å². The Hall–Kier alpha value is -2.82. The van der Waals surface area contributed by atoms with Crippen molar-refractivity contribution in [2.24, 2.45) is 0 Å². The number of carbonyl (C=O) groups is 1. The fourth-order valence-electron chi connectivity index (χ4n) is 2.22. The summed E-state index contributed by atoms with van der Waals surface area (Å²) >= 11 is 0. The molecule has 3 rings (SSSR count). The minimum absolute atomic E-state index is 0.228.